The number of carbonyl (C=O) groups excluding carboxylic acids is 2. The molecule has 56 heavy (non-hydrogen) atoms. The highest BCUT2D eigenvalue weighted by atomic mass is 16.6. The molecule has 0 atom stereocenters. The van der Waals surface area contributed by atoms with E-state index in [1.807, 2.05) is 0 Å². The molecule has 2 aliphatic carbocycles. The zero-order valence-corrected chi connectivity index (χ0v) is 37.5. The van der Waals surface area contributed by atoms with Gasteiger partial charge in [-0.3, -0.25) is 19.4 Å². The van der Waals surface area contributed by atoms with Gasteiger partial charge in [-0.25, -0.2) is 0 Å². The van der Waals surface area contributed by atoms with E-state index in [0.29, 0.717) is 25.7 Å². The first-order chi connectivity index (χ1) is 26.4. The van der Waals surface area contributed by atoms with E-state index < -0.39 is 22.7 Å². The average Bonchev–Trinajstić information content (AvgIpc) is 3.47. The minimum atomic E-state index is -0.789. The first-order valence-electron chi connectivity index (χ1n) is 23.6. The highest BCUT2D eigenvalue weighted by Crippen LogP contribution is 2.52. The third-order valence-corrected chi connectivity index (χ3v) is 15.2. The summed E-state index contributed by atoms with van der Waals surface area (Å²) in [6.45, 7) is 20.1. The fraction of sp³-hybridized carbons (Fsp3) is 0.917. The zero-order chi connectivity index (χ0) is 40.4. The maximum absolute atomic E-state index is 14.1. The van der Waals surface area contributed by atoms with E-state index in [9.17, 15) is 9.59 Å². The van der Waals surface area contributed by atoms with Gasteiger partial charge in [0.05, 0.1) is 0 Å². The van der Waals surface area contributed by atoms with Gasteiger partial charge in [0, 0.05) is 60.9 Å². The molecule has 4 spiro atoms. The van der Waals surface area contributed by atoms with Crippen molar-refractivity contribution in [1.29, 1.82) is 0 Å². The molecule has 0 bridgehead atoms. The van der Waals surface area contributed by atoms with Crippen LogP contribution in [0, 0.1) is 0 Å². The molecular weight excluding hydrogens is 697 g/mol. The van der Waals surface area contributed by atoms with Crippen LogP contribution in [0.15, 0.2) is 12.2 Å². The van der Waals surface area contributed by atoms with Crippen molar-refractivity contribution in [2.45, 2.75) is 267 Å². The van der Waals surface area contributed by atoms with Crippen LogP contribution in [-0.2, 0) is 19.1 Å². The van der Waals surface area contributed by atoms with Gasteiger partial charge in [-0.1, -0.05) is 102 Å². The lowest BCUT2D eigenvalue weighted by molar-refractivity contribution is -0.190. The Morgan fingerprint density at radius 2 is 0.661 bits per heavy atom. The maximum Gasteiger partial charge on any atom is 0.254 e. The van der Waals surface area contributed by atoms with Crippen LogP contribution in [0.1, 0.15) is 222 Å². The van der Waals surface area contributed by atoms with Gasteiger partial charge in [-0.2, -0.15) is 0 Å². The molecule has 0 aromatic heterocycles. The molecule has 0 aromatic carbocycles. The highest BCUT2D eigenvalue weighted by molar-refractivity contribution is 5.89. The van der Waals surface area contributed by atoms with E-state index >= 15 is 0 Å². The zero-order valence-electron chi connectivity index (χ0n) is 37.5. The number of nitrogens with one attached hydrogen (secondary N) is 2. The molecular formula is C48H84N4O4. The molecule has 320 valence electrons. The van der Waals surface area contributed by atoms with Gasteiger partial charge >= 0.3 is 0 Å². The average molecular weight is 781 g/mol. The molecule has 2 amide bonds. The SMILES string of the molecule is CC1(C)CC2(CC(C)(C)N1CC=CCN1C(C)(C)CC3(CC1(C)C)OC1(CCCCCCCCCCC1)NC3=O)OC1(CCCCCCCCCCC1)NC2=O. The number of ether oxygens (including phenoxy) is 2. The van der Waals surface area contributed by atoms with Crippen molar-refractivity contribution in [3.05, 3.63) is 12.2 Å². The Bertz CT molecular complexity index is 1220. The molecule has 4 heterocycles. The van der Waals surface area contributed by atoms with Crippen molar-refractivity contribution in [2.24, 2.45) is 0 Å². The van der Waals surface area contributed by atoms with Gasteiger partial charge in [-0.05, 0) is 107 Å². The number of rotatable bonds is 4. The summed E-state index contributed by atoms with van der Waals surface area (Å²) < 4.78 is 14.3. The second-order valence-corrected chi connectivity index (χ2v) is 22.1. The summed E-state index contributed by atoms with van der Waals surface area (Å²) in [4.78, 5) is 33.4. The lowest BCUT2D eigenvalue weighted by Gasteiger charge is -2.58. The predicted octanol–water partition coefficient (Wildman–Crippen LogP) is 10.6. The van der Waals surface area contributed by atoms with Crippen molar-refractivity contribution in [2.75, 3.05) is 13.1 Å². The van der Waals surface area contributed by atoms with Gasteiger partial charge in [0.1, 0.15) is 11.4 Å². The Morgan fingerprint density at radius 1 is 0.429 bits per heavy atom. The quantitative estimate of drug-likeness (QED) is 0.277. The largest absolute Gasteiger partial charge is 0.339 e. The molecule has 6 fully saturated rings. The minimum Gasteiger partial charge on any atom is -0.339 e. The standard InChI is InChI=1S/C48H84N4O4/c1-41(2)35-45(39(53)49-47(55-45)29-23-19-15-11-9-12-16-20-24-30-47)36-42(3,4)51(41)33-27-28-34-52-43(5,6)37-46(38-44(52,7)8)40(54)50-48(56-46)31-25-21-17-13-10-14-18-22-26-32-48/h27-28H,9-26,29-38H2,1-8H3,(H,49,53)(H,50,54). The van der Waals surface area contributed by atoms with Crippen LogP contribution in [0.4, 0.5) is 0 Å². The third kappa shape index (κ3) is 9.76. The van der Waals surface area contributed by atoms with Crippen LogP contribution in [0.5, 0.6) is 0 Å². The Labute approximate surface area is 342 Å². The van der Waals surface area contributed by atoms with Gasteiger partial charge in [-0.15, -0.1) is 0 Å². The van der Waals surface area contributed by atoms with Gasteiger partial charge in [0.2, 0.25) is 0 Å². The summed E-state index contributed by atoms with van der Waals surface area (Å²) in [5.74, 6) is 0.232. The fourth-order valence-electron chi connectivity index (χ4n) is 13.1. The highest BCUT2D eigenvalue weighted by Gasteiger charge is 2.64. The molecule has 4 saturated heterocycles. The number of likely N-dealkylation sites (tertiary alicyclic amines) is 2. The topological polar surface area (TPSA) is 83.1 Å². The predicted molar refractivity (Wildman–Crippen MR) is 228 cm³/mol. The van der Waals surface area contributed by atoms with Gasteiger partial charge in [0.25, 0.3) is 11.8 Å². The van der Waals surface area contributed by atoms with E-state index in [0.717, 1.165) is 64.5 Å². The normalized spacial score (nSPS) is 31.0. The van der Waals surface area contributed by atoms with E-state index in [1.54, 1.807) is 0 Å². The number of carbonyl (C=O) groups is 2. The third-order valence-electron chi connectivity index (χ3n) is 15.2. The lowest BCUT2D eigenvalue weighted by atomic mass is 9.70. The van der Waals surface area contributed by atoms with Crippen molar-refractivity contribution in [3.8, 4) is 0 Å². The van der Waals surface area contributed by atoms with Crippen molar-refractivity contribution < 1.29 is 19.1 Å². The maximum atomic E-state index is 14.1. The van der Waals surface area contributed by atoms with Gasteiger partial charge in [0.15, 0.2) is 11.2 Å². The fourth-order valence-corrected chi connectivity index (χ4v) is 13.1. The molecule has 8 nitrogen and oxygen atoms in total. The van der Waals surface area contributed by atoms with E-state index in [4.69, 9.17) is 9.47 Å². The Kier molecular flexibility index (Phi) is 13.6. The molecule has 6 rings (SSSR count). The Morgan fingerprint density at radius 3 is 0.911 bits per heavy atom. The summed E-state index contributed by atoms with van der Waals surface area (Å²) in [6, 6.07) is 0. The number of amides is 2. The van der Waals surface area contributed by atoms with Crippen LogP contribution in [0.3, 0.4) is 0 Å². The van der Waals surface area contributed by atoms with Crippen LogP contribution < -0.4 is 10.6 Å². The summed E-state index contributed by atoms with van der Waals surface area (Å²) in [5, 5.41) is 6.99. The molecule has 0 radical (unpaired) electrons. The second kappa shape index (κ2) is 17.2. The summed E-state index contributed by atoms with van der Waals surface area (Å²) in [5.41, 5.74) is -3.53. The second-order valence-electron chi connectivity index (χ2n) is 22.1. The van der Waals surface area contributed by atoms with Crippen LogP contribution in [0.25, 0.3) is 0 Å². The lowest BCUT2D eigenvalue weighted by Crippen LogP contribution is -2.67. The smallest absolute Gasteiger partial charge is 0.254 e. The van der Waals surface area contributed by atoms with E-state index in [2.05, 4.69) is 88.0 Å². The molecule has 0 aromatic rings. The van der Waals surface area contributed by atoms with Crippen LogP contribution in [-0.4, -0.2) is 79.5 Å². The first kappa shape index (κ1) is 44.1. The number of hydrogen-bond acceptors (Lipinski definition) is 6. The van der Waals surface area contributed by atoms with Gasteiger partial charge < -0.3 is 20.1 Å². The van der Waals surface area contributed by atoms with Crippen LogP contribution >= 0.6 is 0 Å². The monoisotopic (exact) mass is 781 g/mol. The molecule has 0 unspecified atom stereocenters. The first-order valence-corrected chi connectivity index (χ1v) is 23.6. The van der Waals surface area contributed by atoms with E-state index in [1.165, 1.54) is 89.9 Å². The molecule has 6 aliphatic rings. The number of hydrogen-bond donors (Lipinski definition) is 2. The summed E-state index contributed by atoms with van der Waals surface area (Å²) in [7, 11) is 0. The summed E-state index contributed by atoms with van der Waals surface area (Å²) in [6.07, 6.45) is 33.8. The van der Waals surface area contributed by atoms with E-state index in [-0.39, 0.29) is 34.0 Å². The Hall–Kier alpha value is -1.48. The van der Waals surface area contributed by atoms with Crippen molar-refractivity contribution in [1.82, 2.24) is 20.4 Å². The molecule has 2 saturated carbocycles. The van der Waals surface area contributed by atoms with Crippen molar-refractivity contribution in [3.63, 3.8) is 0 Å². The van der Waals surface area contributed by atoms with Crippen molar-refractivity contribution >= 4 is 11.8 Å². The Balaban J connectivity index is 1.10. The molecule has 2 N–H and O–H groups in total. The number of piperidine rings is 2. The molecule has 4 aliphatic heterocycles. The molecule has 8 heteroatoms. The summed E-state index contributed by atoms with van der Waals surface area (Å²) >= 11 is 0. The number of nitrogens with zero attached hydrogens (tertiary/aromatic N) is 2. The minimum absolute atomic E-state index is 0.116. The van der Waals surface area contributed by atoms with Crippen LogP contribution in [0.2, 0.25) is 0 Å².